The Hall–Kier alpha value is -3.90. The molecule has 3 heterocycles. The van der Waals surface area contributed by atoms with Gasteiger partial charge in [-0.2, -0.15) is 0 Å². The summed E-state index contributed by atoms with van der Waals surface area (Å²) >= 11 is 0. The molecule has 0 unspecified atom stereocenters. The van der Waals surface area contributed by atoms with Crippen molar-refractivity contribution in [3.63, 3.8) is 0 Å². The first-order valence-corrected chi connectivity index (χ1v) is 11.8. The van der Waals surface area contributed by atoms with Crippen LogP contribution < -0.4 is 15.4 Å². The Bertz CT molecular complexity index is 1440. The van der Waals surface area contributed by atoms with E-state index in [9.17, 15) is 0 Å². The lowest BCUT2D eigenvalue weighted by molar-refractivity contribution is 0.306. The Balaban J connectivity index is 1.31. The maximum atomic E-state index is 6.13. The van der Waals surface area contributed by atoms with Gasteiger partial charge in [0.05, 0.1) is 22.2 Å². The minimum Gasteiger partial charge on any atom is -0.489 e. The van der Waals surface area contributed by atoms with Crippen LogP contribution in [0.4, 0.5) is 5.69 Å². The molecule has 1 fully saturated rings. The highest BCUT2D eigenvalue weighted by atomic mass is 16.5. The largest absolute Gasteiger partial charge is 0.489 e. The molecule has 6 nitrogen and oxygen atoms in total. The number of benzene rings is 3. The summed E-state index contributed by atoms with van der Waals surface area (Å²) in [4.78, 5) is 12.1. The SMILES string of the molecule is NC1CCN(c2cccc3ccc(-n4cnc5cc(OCc6ccccc6)ccc54)nc23)CC1. The zero-order chi connectivity index (χ0) is 22.9. The summed E-state index contributed by atoms with van der Waals surface area (Å²) in [7, 11) is 0. The number of rotatable bonds is 5. The molecule has 6 rings (SSSR count). The van der Waals surface area contributed by atoms with Crippen molar-refractivity contribution in [1.29, 1.82) is 0 Å². The number of anilines is 1. The fraction of sp³-hybridized carbons (Fsp3) is 0.214. The average Bonchev–Trinajstić information content (AvgIpc) is 3.31. The van der Waals surface area contributed by atoms with Gasteiger partial charge in [-0.05, 0) is 48.7 Å². The molecule has 0 aliphatic carbocycles. The molecule has 1 saturated heterocycles. The molecule has 0 atom stereocenters. The lowest BCUT2D eigenvalue weighted by Crippen LogP contribution is -2.39. The molecule has 2 aromatic heterocycles. The van der Waals surface area contributed by atoms with Crippen molar-refractivity contribution in [3.8, 4) is 11.6 Å². The van der Waals surface area contributed by atoms with Gasteiger partial charge in [0.15, 0.2) is 0 Å². The van der Waals surface area contributed by atoms with E-state index in [1.807, 2.05) is 47.3 Å². The standard InChI is InChI=1S/C28H27N5O/c29-22-13-15-32(16-14-22)26-8-4-7-21-9-12-27(31-28(21)26)33-19-30-24-17-23(10-11-25(24)33)34-18-20-5-2-1-3-6-20/h1-12,17,19,22H,13-16,18,29H2. The molecule has 5 aromatic rings. The lowest BCUT2D eigenvalue weighted by Gasteiger charge is -2.32. The van der Waals surface area contributed by atoms with Gasteiger partial charge in [0.25, 0.3) is 0 Å². The van der Waals surface area contributed by atoms with Crippen molar-refractivity contribution in [2.75, 3.05) is 18.0 Å². The van der Waals surface area contributed by atoms with Crippen LogP contribution in [-0.2, 0) is 6.61 Å². The molecule has 1 aliphatic rings. The average molecular weight is 450 g/mol. The minimum absolute atomic E-state index is 0.300. The Morgan fingerprint density at radius 3 is 2.62 bits per heavy atom. The minimum atomic E-state index is 0.300. The smallest absolute Gasteiger partial charge is 0.139 e. The molecular weight excluding hydrogens is 422 g/mol. The van der Waals surface area contributed by atoms with Crippen LogP contribution in [0.1, 0.15) is 18.4 Å². The van der Waals surface area contributed by atoms with E-state index in [0.29, 0.717) is 12.6 Å². The highest BCUT2D eigenvalue weighted by molar-refractivity contribution is 5.92. The summed E-state index contributed by atoms with van der Waals surface area (Å²) in [6.45, 7) is 2.46. The first-order valence-electron chi connectivity index (χ1n) is 11.8. The number of pyridine rings is 1. The highest BCUT2D eigenvalue weighted by Gasteiger charge is 2.19. The van der Waals surface area contributed by atoms with E-state index in [1.165, 1.54) is 5.69 Å². The van der Waals surface area contributed by atoms with Crippen LogP contribution in [0.15, 0.2) is 85.2 Å². The number of ether oxygens (including phenoxy) is 1. The van der Waals surface area contributed by atoms with Gasteiger partial charge < -0.3 is 15.4 Å². The lowest BCUT2D eigenvalue weighted by atomic mass is 10.0. The second-order valence-electron chi connectivity index (χ2n) is 8.88. The van der Waals surface area contributed by atoms with Crippen LogP contribution in [0.5, 0.6) is 5.75 Å². The maximum absolute atomic E-state index is 6.13. The van der Waals surface area contributed by atoms with Gasteiger partial charge in [-0.1, -0.05) is 42.5 Å². The Labute approximate surface area is 198 Å². The second kappa shape index (κ2) is 8.80. The van der Waals surface area contributed by atoms with Crippen molar-refractivity contribution >= 4 is 27.6 Å². The molecule has 170 valence electrons. The van der Waals surface area contributed by atoms with E-state index in [1.54, 1.807) is 0 Å². The number of fused-ring (bicyclic) bond motifs is 2. The molecule has 1 aliphatic heterocycles. The summed E-state index contributed by atoms with van der Waals surface area (Å²) in [5.74, 6) is 1.66. The highest BCUT2D eigenvalue weighted by Crippen LogP contribution is 2.29. The summed E-state index contributed by atoms with van der Waals surface area (Å²) in [5, 5.41) is 1.14. The van der Waals surface area contributed by atoms with Gasteiger partial charge in [0.1, 0.15) is 24.5 Å². The van der Waals surface area contributed by atoms with Gasteiger partial charge in [0.2, 0.25) is 0 Å². The third-order valence-corrected chi connectivity index (χ3v) is 6.58. The molecule has 0 radical (unpaired) electrons. The molecule has 6 heteroatoms. The van der Waals surface area contributed by atoms with Crippen LogP contribution in [0, 0.1) is 0 Å². The Morgan fingerprint density at radius 2 is 1.76 bits per heavy atom. The number of aromatic nitrogens is 3. The number of para-hydroxylation sites is 1. The fourth-order valence-electron chi connectivity index (χ4n) is 4.66. The van der Waals surface area contributed by atoms with Gasteiger partial charge in [-0.15, -0.1) is 0 Å². The quantitative estimate of drug-likeness (QED) is 0.405. The van der Waals surface area contributed by atoms with Crippen molar-refractivity contribution in [1.82, 2.24) is 14.5 Å². The molecule has 0 spiro atoms. The number of imidazole rings is 1. The van der Waals surface area contributed by atoms with Crippen molar-refractivity contribution in [3.05, 3.63) is 90.8 Å². The monoisotopic (exact) mass is 449 g/mol. The summed E-state index contributed by atoms with van der Waals surface area (Å²) < 4.78 is 8.02. The molecule has 2 N–H and O–H groups in total. The summed E-state index contributed by atoms with van der Waals surface area (Å²) in [6.07, 6.45) is 3.86. The number of hydrogen-bond acceptors (Lipinski definition) is 5. The van der Waals surface area contributed by atoms with Crippen molar-refractivity contribution in [2.24, 2.45) is 5.73 Å². The number of nitrogens with zero attached hydrogens (tertiary/aromatic N) is 4. The van der Waals surface area contributed by atoms with Crippen LogP contribution in [-0.4, -0.2) is 33.7 Å². The zero-order valence-corrected chi connectivity index (χ0v) is 19.0. The van der Waals surface area contributed by atoms with Crippen LogP contribution in [0.25, 0.3) is 27.8 Å². The van der Waals surface area contributed by atoms with E-state index in [2.05, 4.69) is 52.3 Å². The normalized spacial score (nSPS) is 14.7. The number of hydrogen-bond donors (Lipinski definition) is 1. The summed E-state index contributed by atoms with van der Waals surface area (Å²) in [5.41, 5.74) is 11.3. The topological polar surface area (TPSA) is 69.2 Å². The van der Waals surface area contributed by atoms with E-state index >= 15 is 0 Å². The second-order valence-corrected chi connectivity index (χ2v) is 8.88. The molecule has 0 amide bonds. The van der Waals surface area contributed by atoms with Crippen LogP contribution in [0.2, 0.25) is 0 Å². The third kappa shape index (κ3) is 3.97. The molecule has 34 heavy (non-hydrogen) atoms. The van der Waals surface area contributed by atoms with Gasteiger partial charge >= 0.3 is 0 Å². The molecule has 0 bridgehead atoms. The van der Waals surface area contributed by atoms with E-state index in [4.69, 9.17) is 15.5 Å². The third-order valence-electron chi connectivity index (χ3n) is 6.58. The van der Waals surface area contributed by atoms with Gasteiger partial charge in [-0.25, -0.2) is 9.97 Å². The predicted molar refractivity (Wildman–Crippen MR) is 137 cm³/mol. The zero-order valence-electron chi connectivity index (χ0n) is 19.0. The van der Waals surface area contributed by atoms with E-state index in [0.717, 1.165) is 65.0 Å². The molecule has 0 saturated carbocycles. The first kappa shape index (κ1) is 20.7. The van der Waals surface area contributed by atoms with E-state index < -0.39 is 0 Å². The van der Waals surface area contributed by atoms with Crippen LogP contribution >= 0.6 is 0 Å². The molecule has 3 aromatic carbocycles. The predicted octanol–water partition coefficient (Wildman–Crippen LogP) is 5.08. The van der Waals surface area contributed by atoms with Crippen LogP contribution in [0.3, 0.4) is 0 Å². The maximum Gasteiger partial charge on any atom is 0.139 e. The summed E-state index contributed by atoms with van der Waals surface area (Å²) in [6, 6.07) is 27.1. The Morgan fingerprint density at radius 1 is 0.912 bits per heavy atom. The van der Waals surface area contributed by atoms with Gasteiger partial charge in [-0.3, -0.25) is 4.57 Å². The number of piperidine rings is 1. The van der Waals surface area contributed by atoms with Gasteiger partial charge in [0, 0.05) is 30.6 Å². The van der Waals surface area contributed by atoms with Crippen molar-refractivity contribution < 1.29 is 4.74 Å². The fourth-order valence-corrected chi connectivity index (χ4v) is 4.66. The van der Waals surface area contributed by atoms with E-state index in [-0.39, 0.29) is 0 Å². The molecular formula is C28H27N5O. The first-order chi connectivity index (χ1) is 16.7. The van der Waals surface area contributed by atoms with Crippen molar-refractivity contribution in [2.45, 2.75) is 25.5 Å². The Kier molecular flexibility index (Phi) is 5.35. The number of nitrogens with two attached hydrogens (primary N) is 1.